The Morgan fingerprint density at radius 1 is 1.13 bits per heavy atom. The molecule has 23 heavy (non-hydrogen) atoms. The molecule has 0 aliphatic carbocycles. The molecule has 1 aliphatic heterocycles. The quantitative estimate of drug-likeness (QED) is 0.722. The molecule has 2 aromatic heterocycles. The van der Waals surface area contributed by atoms with Crippen molar-refractivity contribution in [2.45, 2.75) is 0 Å². The van der Waals surface area contributed by atoms with Crippen LogP contribution in [0.15, 0.2) is 36.4 Å². The molecule has 1 N–H and O–H groups in total. The van der Waals surface area contributed by atoms with E-state index in [1.807, 2.05) is 0 Å². The first-order chi connectivity index (χ1) is 11.0. The summed E-state index contributed by atoms with van der Waals surface area (Å²) in [5.74, 6) is -2.13. The number of carbonyl (C=O) groups is 3. The number of hydrogen-bond acceptors (Lipinski definition) is 5. The number of benzene rings is 1. The Morgan fingerprint density at radius 2 is 1.78 bits per heavy atom. The van der Waals surface area contributed by atoms with Crippen LogP contribution in [0.3, 0.4) is 0 Å². The molecule has 2 amide bonds. The molecular weight excluding hydrogens is 340 g/mol. The molecule has 0 saturated carbocycles. The highest BCUT2D eigenvalue weighted by molar-refractivity contribution is 7.22. The molecule has 3 aromatic rings. The number of hydroxylamine groups is 2. The fourth-order valence-corrected chi connectivity index (χ4v) is 3.51. The SMILES string of the molecule is O=C(ON1C(=O)c2ccccc2C1=O)c1cc2cc(Cl)sc2[nH]1. The second-order valence-electron chi connectivity index (χ2n) is 4.85. The number of carbonyl (C=O) groups excluding carboxylic acids is 3. The van der Waals surface area contributed by atoms with E-state index < -0.39 is 17.8 Å². The summed E-state index contributed by atoms with van der Waals surface area (Å²) in [6.07, 6.45) is 0. The average Bonchev–Trinajstić information content (AvgIpc) is 3.14. The van der Waals surface area contributed by atoms with Gasteiger partial charge in [0, 0.05) is 5.39 Å². The van der Waals surface area contributed by atoms with Gasteiger partial charge < -0.3 is 9.82 Å². The number of fused-ring (bicyclic) bond motifs is 2. The first kappa shape index (κ1) is 14.0. The predicted octanol–water partition coefficient (Wildman–Crippen LogP) is 3.25. The largest absolute Gasteiger partial charge is 0.380 e. The van der Waals surface area contributed by atoms with Crippen LogP contribution in [0.4, 0.5) is 0 Å². The maximum Gasteiger partial charge on any atom is 0.380 e. The van der Waals surface area contributed by atoms with Gasteiger partial charge in [-0.25, -0.2) is 4.79 Å². The minimum Gasteiger partial charge on any atom is -0.341 e. The molecule has 0 bridgehead atoms. The van der Waals surface area contributed by atoms with Crippen molar-refractivity contribution in [3.8, 4) is 0 Å². The number of halogens is 1. The maximum atomic E-state index is 12.2. The average molecular weight is 347 g/mol. The van der Waals surface area contributed by atoms with Crippen LogP contribution >= 0.6 is 22.9 Å². The van der Waals surface area contributed by atoms with Crippen molar-refractivity contribution in [2.24, 2.45) is 0 Å². The van der Waals surface area contributed by atoms with E-state index in [4.69, 9.17) is 16.4 Å². The van der Waals surface area contributed by atoms with Gasteiger partial charge >= 0.3 is 5.97 Å². The summed E-state index contributed by atoms with van der Waals surface area (Å²) in [5.41, 5.74) is 0.563. The Kier molecular flexibility index (Phi) is 3.00. The van der Waals surface area contributed by atoms with Crippen LogP contribution in [0, 0.1) is 0 Å². The van der Waals surface area contributed by atoms with Gasteiger partial charge in [0.1, 0.15) is 10.5 Å². The van der Waals surface area contributed by atoms with Crippen molar-refractivity contribution in [3.63, 3.8) is 0 Å². The number of nitrogens with one attached hydrogen (secondary N) is 1. The maximum absolute atomic E-state index is 12.2. The topological polar surface area (TPSA) is 79.5 Å². The molecule has 3 heterocycles. The number of aromatic nitrogens is 1. The molecule has 1 aliphatic rings. The fourth-order valence-electron chi connectivity index (χ4n) is 2.38. The Bertz CT molecular complexity index is 924. The number of rotatable bonds is 2. The second-order valence-corrected chi connectivity index (χ2v) is 6.53. The van der Waals surface area contributed by atoms with E-state index in [0.717, 1.165) is 5.39 Å². The van der Waals surface area contributed by atoms with E-state index in [1.54, 1.807) is 24.3 Å². The summed E-state index contributed by atoms with van der Waals surface area (Å²) in [5, 5.41) is 1.24. The van der Waals surface area contributed by atoms with Crippen LogP contribution in [-0.2, 0) is 4.84 Å². The molecule has 8 heteroatoms. The highest BCUT2D eigenvalue weighted by atomic mass is 35.5. The van der Waals surface area contributed by atoms with Crippen LogP contribution in [0.1, 0.15) is 31.2 Å². The van der Waals surface area contributed by atoms with Gasteiger partial charge in [-0.2, -0.15) is 0 Å². The van der Waals surface area contributed by atoms with Crippen molar-refractivity contribution >= 4 is 50.9 Å². The molecular formula is C15H7ClN2O4S. The lowest BCUT2D eigenvalue weighted by atomic mass is 10.1. The molecule has 0 fully saturated rings. The molecule has 0 atom stereocenters. The predicted molar refractivity (Wildman–Crippen MR) is 83.5 cm³/mol. The summed E-state index contributed by atoms with van der Waals surface area (Å²) in [4.78, 5) is 45.0. The molecule has 0 radical (unpaired) electrons. The zero-order valence-corrected chi connectivity index (χ0v) is 12.9. The van der Waals surface area contributed by atoms with Gasteiger partial charge in [-0.1, -0.05) is 28.8 Å². The van der Waals surface area contributed by atoms with E-state index in [2.05, 4.69) is 4.98 Å². The van der Waals surface area contributed by atoms with Crippen LogP contribution in [0.2, 0.25) is 4.34 Å². The third-order valence-electron chi connectivity index (χ3n) is 3.43. The van der Waals surface area contributed by atoms with Crippen molar-refractivity contribution in [3.05, 3.63) is 57.6 Å². The molecule has 1 aromatic carbocycles. The van der Waals surface area contributed by atoms with Crippen LogP contribution in [0.5, 0.6) is 0 Å². The Balaban J connectivity index is 1.60. The number of nitrogens with zero attached hydrogens (tertiary/aromatic N) is 1. The Labute approximate surface area is 138 Å². The first-order valence-electron chi connectivity index (χ1n) is 6.53. The van der Waals surface area contributed by atoms with Gasteiger partial charge in [0.05, 0.1) is 15.5 Å². The summed E-state index contributed by atoms with van der Waals surface area (Å²) in [7, 11) is 0. The highest BCUT2D eigenvalue weighted by Crippen LogP contribution is 2.30. The standard InChI is InChI=1S/C15H7ClN2O4S/c16-11-6-7-5-10(17-12(7)23-11)15(21)22-18-13(19)8-3-1-2-4-9(8)14(18)20/h1-6,17H. The van der Waals surface area contributed by atoms with Crippen molar-refractivity contribution in [2.75, 3.05) is 0 Å². The van der Waals surface area contributed by atoms with Gasteiger partial charge in [0.25, 0.3) is 11.8 Å². The summed E-state index contributed by atoms with van der Waals surface area (Å²) in [6.45, 7) is 0. The summed E-state index contributed by atoms with van der Waals surface area (Å²) < 4.78 is 0.589. The van der Waals surface area contributed by atoms with Gasteiger partial charge in [0.15, 0.2) is 0 Å². The van der Waals surface area contributed by atoms with Crippen LogP contribution < -0.4 is 0 Å². The van der Waals surface area contributed by atoms with Crippen molar-refractivity contribution < 1.29 is 19.2 Å². The van der Waals surface area contributed by atoms with Crippen molar-refractivity contribution in [1.29, 1.82) is 0 Å². The number of hydrogen-bond donors (Lipinski definition) is 1. The molecule has 0 unspecified atom stereocenters. The Morgan fingerprint density at radius 3 is 2.39 bits per heavy atom. The van der Waals surface area contributed by atoms with E-state index in [0.29, 0.717) is 14.2 Å². The van der Waals surface area contributed by atoms with E-state index >= 15 is 0 Å². The molecule has 114 valence electrons. The third kappa shape index (κ3) is 2.13. The molecule has 0 spiro atoms. The number of imide groups is 1. The van der Waals surface area contributed by atoms with Gasteiger partial charge in [-0.3, -0.25) is 9.59 Å². The normalized spacial score (nSPS) is 13.7. The van der Waals surface area contributed by atoms with Crippen LogP contribution in [-0.4, -0.2) is 27.8 Å². The smallest absolute Gasteiger partial charge is 0.341 e. The van der Waals surface area contributed by atoms with Gasteiger partial charge in [-0.15, -0.1) is 11.3 Å². The Hall–Kier alpha value is -2.64. The summed E-state index contributed by atoms with van der Waals surface area (Å²) >= 11 is 7.15. The zero-order valence-electron chi connectivity index (χ0n) is 11.3. The van der Waals surface area contributed by atoms with E-state index in [9.17, 15) is 14.4 Å². The number of thiophene rings is 1. The van der Waals surface area contributed by atoms with E-state index in [1.165, 1.54) is 23.5 Å². The monoisotopic (exact) mass is 346 g/mol. The first-order valence-corrected chi connectivity index (χ1v) is 7.72. The third-order valence-corrected chi connectivity index (χ3v) is 4.62. The van der Waals surface area contributed by atoms with Crippen LogP contribution in [0.25, 0.3) is 10.2 Å². The minimum absolute atomic E-state index is 0.138. The molecule has 4 rings (SSSR count). The minimum atomic E-state index is -0.820. The molecule has 6 nitrogen and oxygen atoms in total. The second kappa shape index (κ2) is 4.94. The number of amides is 2. The number of H-pyrrole nitrogens is 1. The van der Waals surface area contributed by atoms with Gasteiger partial charge in [-0.05, 0) is 24.3 Å². The van der Waals surface area contributed by atoms with Crippen molar-refractivity contribution in [1.82, 2.24) is 10.0 Å². The molecule has 0 saturated heterocycles. The van der Waals surface area contributed by atoms with Gasteiger partial charge in [0.2, 0.25) is 0 Å². The number of aromatic amines is 1. The lowest BCUT2D eigenvalue weighted by Gasteiger charge is -2.11. The fraction of sp³-hybridized carbons (Fsp3) is 0. The lowest BCUT2D eigenvalue weighted by Crippen LogP contribution is -2.32. The summed E-state index contributed by atoms with van der Waals surface area (Å²) in [6, 6.07) is 9.55. The lowest BCUT2D eigenvalue weighted by molar-refractivity contribution is -0.0587. The zero-order chi connectivity index (χ0) is 16.1. The van der Waals surface area contributed by atoms with E-state index in [-0.39, 0.29) is 16.8 Å². The highest BCUT2D eigenvalue weighted by Gasteiger charge is 2.39.